The summed E-state index contributed by atoms with van der Waals surface area (Å²) in [5, 5.41) is 0. The van der Waals surface area contributed by atoms with Crippen LogP contribution in [0.15, 0.2) is 0 Å². The first-order valence-corrected chi connectivity index (χ1v) is 4.65. The second-order valence-corrected chi connectivity index (χ2v) is 3.34. The minimum atomic E-state index is 0. The minimum absolute atomic E-state index is 0. The first-order chi connectivity index (χ1) is 1.41. The molecule has 0 aliphatic rings. The average molecular weight is 269 g/mol. The van der Waals surface area contributed by atoms with Crippen LogP contribution in [0.3, 0.4) is 0 Å². The van der Waals surface area contributed by atoms with Crippen molar-refractivity contribution in [1.29, 1.82) is 0 Å². The molecule has 0 N–H and O–H groups in total. The molecule has 3 radical (unpaired) electrons. The molecule has 0 aromatic carbocycles. The van der Waals surface area contributed by atoms with E-state index >= 15 is 0 Å². The summed E-state index contributed by atoms with van der Waals surface area (Å²) in [5.74, 6) is 0. The molecule has 0 aliphatic carbocycles. The van der Waals surface area contributed by atoms with E-state index < -0.39 is 0 Å². The molecule has 4 heteroatoms. The Morgan fingerprint density at radius 1 is 1.75 bits per heavy atom. The summed E-state index contributed by atoms with van der Waals surface area (Å²) in [5.41, 5.74) is 0. The van der Waals surface area contributed by atoms with Crippen molar-refractivity contribution in [3.8, 4) is 0 Å². The molecule has 0 fully saturated rings. The van der Waals surface area contributed by atoms with Gasteiger partial charge >= 0.3 is 0 Å². The summed E-state index contributed by atoms with van der Waals surface area (Å²) in [4.78, 5) is 0. The molecule has 1 unspecified atom stereocenters. The molecule has 1 atom stereocenters. The van der Waals surface area contributed by atoms with Crippen LogP contribution >= 0.6 is 33.4 Å². The largest absolute Gasteiger partial charge is 0.0872 e. The molecule has 0 aliphatic heterocycles. The number of rotatable bonds is 0. The smallest absolute Gasteiger partial charge is 0.0458 e. The molecule has 0 nitrogen and oxygen atoms in total. The summed E-state index contributed by atoms with van der Waals surface area (Å²) < 4.78 is 0. The average Bonchev–Trinajstić information content (AvgIpc) is 0.918. The third-order valence-electron chi connectivity index (χ3n) is 0. The molecule has 25 valence electrons. The van der Waals surface area contributed by atoms with Crippen molar-refractivity contribution in [2.45, 2.75) is 0 Å². The van der Waals surface area contributed by atoms with Gasteiger partial charge in [-0.2, -0.15) is 0 Å². The second kappa shape index (κ2) is 8.89. The van der Waals surface area contributed by atoms with Crippen molar-refractivity contribution in [3.63, 3.8) is 0 Å². The van der Waals surface area contributed by atoms with Crippen molar-refractivity contribution in [2.75, 3.05) is 0 Å². The summed E-state index contributed by atoms with van der Waals surface area (Å²) in [6.07, 6.45) is 0. The maximum Gasteiger partial charge on any atom is 0.0458 e. The molecule has 0 rings (SSSR count). The number of hydrogen-bond donors (Lipinski definition) is 0. The molecule has 0 saturated heterocycles. The Hall–Kier alpha value is 2.02. The Morgan fingerprint density at radius 2 is 1.75 bits per heavy atom. The predicted octanol–water partition coefficient (Wildman–Crippen LogP) is 1.75. The molecule has 0 aromatic rings. The Morgan fingerprint density at radius 3 is 1.75 bits per heavy atom. The molecule has 4 heavy (non-hydrogen) atoms. The topological polar surface area (TPSA) is 0 Å². The van der Waals surface area contributed by atoms with Gasteiger partial charge in [0.25, 0.3) is 0 Å². The van der Waals surface area contributed by atoms with Gasteiger partial charge in [0.05, 0.1) is 0 Å². The molecular formula is HBrClPSb. The van der Waals surface area contributed by atoms with E-state index in [9.17, 15) is 0 Å². The van der Waals surface area contributed by atoms with Crippen molar-refractivity contribution < 1.29 is 0 Å². The van der Waals surface area contributed by atoms with Crippen molar-refractivity contribution in [3.05, 3.63) is 0 Å². The summed E-state index contributed by atoms with van der Waals surface area (Å²) in [6, 6.07) is 0. The minimum Gasteiger partial charge on any atom is -0.0872 e. The van der Waals surface area contributed by atoms with E-state index in [1.54, 1.807) is 0 Å². The van der Waals surface area contributed by atoms with Crippen molar-refractivity contribution >= 4 is 57.8 Å². The van der Waals surface area contributed by atoms with Crippen LogP contribution in [0.4, 0.5) is 0 Å². The van der Waals surface area contributed by atoms with E-state index in [0.717, 1.165) is 0 Å². The Kier molecular flexibility index (Phi) is 20.9. The van der Waals surface area contributed by atoms with E-state index in [-0.39, 0.29) is 24.4 Å². The van der Waals surface area contributed by atoms with Crippen LogP contribution in [0.1, 0.15) is 0 Å². The number of hydrogen-bond acceptors (Lipinski definition) is 0. The van der Waals surface area contributed by atoms with Gasteiger partial charge in [-0.15, -0.1) is 0 Å². The molecule has 0 spiro atoms. The van der Waals surface area contributed by atoms with Gasteiger partial charge in [0.2, 0.25) is 0 Å². The zero-order valence-electron chi connectivity index (χ0n) is 1.70. The van der Waals surface area contributed by atoms with E-state index in [0.29, 0.717) is 6.64 Å². The molecule has 0 heterocycles. The SMILES string of the molecule is ClPBr.[Sb]. The van der Waals surface area contributed by atoms with Gasteiger partial charge in [-0.1, -0.05) is 11.2 Å². The van der Waals surface area contributed by atoms with Crippen molar-refractivity contribution in [1.82, 2.24) is 0 Å². The fourth-order valence-corrected chi connectivity index (χ4v) is 0. The van der Waals surface area contributed by atoms with E-state index in [4.69, 9.17) is 11.2 Å². The maximum atomic E-state index is 4.94. The molecule has 0 bridgehead atoms. The number of halogens is 2. The Labute approximate surface area is 57.4 Å². The molecule has 0 amide bonds. The standard InChI is InChI=1S/BrClHP.Sb/c1-3-2;/h3H;. The van der Waals surface area contributed by atoms with Crippen LogP contribution in [0.2, 0.25) is 0 Å². The zero-order chi connectivity index (χ0) is 2.71. The van der Waals surface area contributed by atoms with Crippen LogP contribution in [0, 0.1) is 0 Å². The quantitative estimate of drug-likeness (QED) is 0.464. The summed E-state index contributed by atoms with van der Waals surface area (Å²) >= 11 is 7.88. The fraction of sp³-hybridized carbons (Fsp3) is 0. The summed E-state index contributed by atoms with van der Waals surface area (Å²) in [6.45, 7) is 0.368. The monoisotopic (exact) mass is 267 g/mol. The van der Waals surface area contributed by atoms with Crippen LogP contribution in [0.25, 0.3) is 0 Å². The van der Waals surface area contributed by atoms with Gasteiger partial charge in [0, 0.05) is 31.1 Å². The van der Waals surface area contributed by atoms with Gasteiger partial charge in [0.15, 0.2) is 0 Å². The van der Waals surface area contributed by atoms with E-state index in [1.165, 1.54) is 0 Å². The molecule has 0 saturated carbocycles. The van der Waals surface area contributed by atoms with Gasteiger partial charge in [0.1, 0.15) is 0 Å². The van der Waals surface area contributed by atoms with Gasteiger partial charge < -0.3 is 0 Å². The molecular weight excluding hydrogens is 268 g/mol. The molecule has 0 aromatic heterocycles. The summed E-state index contributed by atoms with van der Waals surface area (Å²) in [7, 11) is 0. The fourth-order valence-electron chi connectivity index (χ4n) is 0. The zero-order valence-corrected chi connectivity index (χ0v) is 7.60. The second-order valence-electron chi connectivity index (χ2n) is 0.0714. The van der Waals surface area contributed by atoms with Crippen LogP contribution < -0.4 is 0 Å². The van der Waals surface area contributed by atoms with Crippen LogP contribution in [-0.2, 0) is 0 Å². The van der Waals surface area contributed by atoms with Gasteiger partial charge in [-0.25, -0.2) is 0 Å². The Bertz CT molecular complexity index is 8.00. The normalized spacial score (nSPS) is 7.50. The Balaban J connectivity index is 0. The third-order valence-corrected chi connectivity index (χ3v) is 0. The van der Waals surface area contributed by atoms with E-state index in [1.807, 2.05) is 0 Å². The van der Waals surface area contributed by atoms with Gasteiger partial charge in [-0.3, -0.25) is 0 Å². The first kappa shape index (κ1) is 9.39. The van der Waals surface area contributed by atoms with Crippen LogP contribution in [-0.4, -0.2) is 24.4 Å². The maximum absolute atomic E-state index is 4.94. The van der Waals surface area contributed by atoms with E-state index in [2.05, 4.69) is 15.5 Å². The van der Waals surface area contributed by atoms with Crippen molar-refractivity contribution in [2.24, 2.45) is 0 Å². The van der Waals surface area contributed by atoms with Crippen LogP contribution in [0.5, 0.6) is 0 Å². The first-order valence-electron chi connectivity index (χ1n) is 0.378. The predicted molar refractivity (Wildman–Crippen MR) is 28.8 cm³/mol. The van der Waals surface area contributed by atoms with Gasteiger partial charge in [-0.05, 0) is 15.5 Å². The third kappa shape index (κ3) is 8.99.